The number of hydrogen-bond donors (Lipinski definition) is 0. The number of carbonyl (C=O) groups excluding carboxylic acids is 2. The molecule has 0 aliphatic heterocycles. The maximum Gasteiger partial charge on any atom is 0.410 e. The molecular weight excluding hydrogens is 222 g/mol. The van der Waals surface area contributed by atoms with E-state index in [0.717, 1.165) is 6.42 Å². The van der Waals surface area contributed by atoms with E-state index in [-0.39, 0.29) is 18.7 Å². The summed E-state index contributed by atoms with van der Waals surface area (Å²) in [5.74, 6) is -0.342. The summed E-state index contributed by atoms with van der Waals surface area (Å²) in [6.07, 6.45) is 0.464. The van der Waals surface area contributed by atoms with Crippen LogP contribution in [-0.4, -0.2) is 42.3 Å². The van der Waals surface area contributed by atoms with Crippen molar-refractivity contribution in [2.75, 3.05) is 19.7 Å². The zero-order valence-electron chi connectivity index (χ0n) is 11.4. The molecule has 17 heavy (non-hydrogen) atoms. The van der Waals surface area contributed by atoms with Crippen molar-refractivity contribution < 1.29 is 19.1 Å². The fourth-order valence-corrected chi connectivity index (χ4v) is 1.19. The molecular formula is C12H23NO4. The third-order valence-electron chi connectivity index (χ3n) is 1.81. The number of amides is 1. The van der Waals surface area contributed by atoms with Gasteiger partial charge in [-0.1, -0.05) is 6.92 Å². The van der Waals surface area contributed by atoms with Crippen LogP contribution in [0, 0.1) is 0 Å². The third-order valence-corrected chi connectivity index (χ3v) is 1.81. The second kappa shape index (κ2) is 7.14. The first kappa shape index (κ1) is 15.7. The predicted molar refractivity (Wildman–Crippen MR) is 64.7 cm³/mol. The molecule has 0 aromatic heterocycles. The van der Waals surface area contributed by atoms with E-state index < -0.39 is 5.60 Å². The molecule has 0 aliphatic carbocycles. The summed E-state index contributed by atoms with van der Waals surface area (Å²) >= 11 is 0. The second-order valence-electron chi connectivity index (χ2n) is 4.81. The van der Waals surface area contributed by atoms with Crippen LogP contribution in [0.15, 0.2) is 0 Å². The van der Waals surface area contributed by atoms with Gasteiger partial charge in [0.25, 0.3) is 0 Å². The predicted octanol–water partition coefficient (Wildman–Crippen LogP) is 2.20. The minimum atomic E-state index is -0.509. The Morgan fingerprint density at radius 3 is 2.18 bits per heavy atom. The standard InChI is InChI=1S/C12H23NO4/c1-6-7-13(8-9-16-10(2)14)11(15)17-12(3,4)5/h6-9H2,1-5H3. The number of rotatable bonds is 5. The quantitative estimate of drug-likeness (QED) is 0.697. The van der Waals surface area contributed by atoms with E-state index in [1.54, 1.807) is 4.90 Å². The Morgan fingerprint density at radius 2 is 1.76 bits per heavy atom. The van der Waals surface area contributed by atoms with Crippen LogP contribution >= 0.6 is 0 Å². The molecule has 0 N–H and O–H groups in total. The summed E-state index contributed by atoms with van der Waals surface area (Å²) in [6, 6.07) is 0. The molecule has 1 amide bonds. The van der Waals surface area contributed by atoms with E-state index in [4.69, 9.17) is 9.47 Å². The summed E-state index contributed by atoms with van der Waals surface area (Å²) in [6.45, 7) is 9.94. The topological polar surface area (TPSA) is 55.8 Å². The lowest BCUT2D eigenvalue weighted by molar-refractivity contribution is -0.141. The lowest BCUT2D eigenvalue weighted by Crippen LogP contribution is -2.39. The SMILES string of the molecule is CCCN(CCOC(C)=O)C(=O)OC(C)(C)C. The van der Waals surface area contributed by atoms with Gasteiger partial charge < -0.3 is 14.4 Å². The molecule has 0 rings (SSSR count). The van der Waals surface area contributed by atoms with Gasteiger partial charge in [0.15, 0.2) is 0 Å². The summed E-state index contributed by atoms with van der Waals surface area (Å²) in [5.41, 5.74) is -0.509. The molecule has 0 heterocycles. The van der Waals surface area contributed by atoms with Gasteiger partial charge in [0, 0.05) is 13.5 Å². The highest BCUT2D eigenvalue weighted by Crippen LogP contribution is 2.10. The highest BCUT2D eigenvalue weighted by Gasteiger charge is 2.21. The molecule has 0 aromatic carbocycles. The van der Waals surface area contributed by atoms with Crippen molar-refractivity contribution in [1.82, 2.24) is 4.90 Å². The minimum Gasteiger partial charge on any atom is -0.464 e. The fourth-order valence-electron chi connectivity index (χ4n) is 1.19. The number of carbonyl (C=O) groups is 2. The molecule has 5 heteroatoms. The zero-order valence-corrected chi connectivity index (χ0v) is 11.4. The van der Waals surface area contributed by atoms with Gasteiger partial charge in [-0.3, -0.25) is 4.79 Å². The first-order valence-electron chi connectivity index (χ1n) is 5.87. The Morgan fingerprint density at radius 1 is 1.18 bits per heavy atom. The van der Waals surface area contributed by atoms with Crippen LogP contribution in [0.3, 0.4) is 0 Å². The molecule has 0 fully saturated rings. The van der Waals surface area contributed by atoms with Gasteiger partial charge in [-0.25, -0.2) is 4.79 Å². The van der Waals surface area contributed by atoms with E-state index in [9.17, 15) is 9.59 Å². The maximum atomic E-state index is 11.8. The molecule has 0 aromatic rings. The highest BCUT2D eigenvalue weighted by molar-refractivity contribution is 5.68. The van der Waals surface area contributed by atoms with Crippen LogP contribution in [0.2, 0.25) is 0 Å². The Kier molecular flexibility index (Phi) is 6.61. The summed E-state index contributed by atoms with van der Waals surface area (Å²) in [4.78, 5) is 24.0. The summed E-state index contributed by atoms with van der Waals surface area (Å²) in [5, 5.41) is 0. The van der Waals surface area contributed by atoms with Gasteiger partial charge in [0.05, 0.1) is 6.54 Å². The normalized spacial score (nSPS) is 10.9. The van der Waals surface area contributed by atoms with Crippen LogP contribution in [-0.2, 0) is 14.3 Å². The lowest BCUT2D eigenvalue weighted by atomic mass is 10.2. The maximum absolute atomic E-state index is 11.8. The van der Waals surface area contributed by atoms with Crippen LogP contribution in [0.4, 0.5) is 4.79 Å². The average Bonchev–Trinajstić information content (AvgIpc) is 2.13. The van der Waals surface area contributed by atoms with Crippen LogP contribution in [0.1, 0.15) is 41.0 Å². The molecule has 0 radical (unpaired) electrons. The monoisotopic (exact) mass is 245 g/mol. The smallest absolute Gasteiger partial charge is 0.410 e. The highest BCUT2D eigenvalue weighted by atomic mass is 16.6. The van der Waals surface area contributed by atoms with Crippen molar-refractivity contribution in [1.29, 1.82) is 0 Å². The van der Waals surface area contributed by atoms with E-state index in [1.165, 1.54) is 6.92 Å². The van der Waals surface area contributed by atoms with Crippen LogP contribution in [0.25, 0.3) is 0 Å². The molecule has 100 valence electrons. The first-order chi connectivity index (χ1) is 7.76. The molecule has 0 aliphatic rings. The largest absolute Gasteiger partial charge is 0.464 e. The van der Waals surface area contributed by atoms with E-state index in [2.05, 4.69) is 0 Å². The van der Waals surface area contributed by atoms with Gasteiger partial charge in [-0.15, -0.1) is 0 Å². The van der Waals surface area contributed by atoms with Crippen LogP contribution in [0.5, 0.6) is 0 Å². The van der Waals surface area contributed by atoms with Crippen molar-refractivity contribution in [2.45, 2.75) is 46.6 Å². The zero-order chi connectivity index (χ0) is 13.5. The average molecular weight is 245 g/mol. The number of esters is 1. The van der Waals surface area contributed by atoms with Crippen molar-refractivity contribution in [3.8, 4) is 0 Å². The molecule has 0 saturated heterocycles. The van der Waals surface area contributed by atoms with Crippen molar-refractivity contribution in [3.05, 3.63) is 0 Å². The second-order valence-corrected chi connectivity index (χ2v) is 4.81. The Bertz CT molecular complexity index is 258. The van der Waals surface area contributed by atoms with Crippen molar-refractivity contribution in [2.24, 2.45) is 0 Å². The number of ether oxygens (including phenoxy) is 2. The van der Waals surface area contributed by atoms with Crippen molar-refractivity contribution in [3.63, 3.8) is 0 Å². The van der Waals surface area contributed by atoms with Gasteiger partial charge in [-0.2, -0.15) is 0 Å². The minimum absolute atomic E-state index is 0.203. The third kappa shape index (κ3) is 8.54. The van der Waals surface area contributed by atoms with Crippen molar-refractivity contribution >= 4 is 12.1 Å². The van der Waals surface area contributed by atoms with E-state index in [1.807, 2.05) is 27.7 Å². The number of nitrogens with zero attached hydrogens (tertiary/aromatic N) is 1. The van der Waals surface area contributed by atoms with Gasteiger partial charge in [0.2, 0.25) is 0 Å². The first-order valence-corrected chi connectivity index (χ1v) is 5.87. The molecule has 0 unspecified atom stereocenters. The Hall–Kier alpha value is -1.26. The van der Waals surface area contributed by atoms with Gasteiger partial charge >= 0.3 is 12.1 Å². The molecule has 0 atom stereocenters. The molecule has 0 bridgehead atoms. The number of hydrogen-bond acceptors (Lipinski definition) is 4. The lowest BCUT2D eigenvalue weighted by Gasteiger charge is -2.27. The van der Waals surface area contributed by atoms with Gasteiger partial charge in [0.1, 0.15) is 12.2 Å². The van der Waals surface area contributed by atoms with Crippen LogP contribution < -0.4 is 0 Å². The Balaban J connectivity index is 4.21. The van der Waals surface area contributed by atoms with E-state index in [0.29, 0.717) is 13.1 Å². The molecule has 0 saturated carbocycles. The van der Waals surface area contributed by atoms with E-state index >= 15 is 0 Å². The fraction of sp³-hybridized carbons (Fsp3) is 0.833. The Labute approximate surface area is 103 Å². The molecule has 5 nitrogen and oxygen atoms in total. The van der Waals surface area contributed by atoms with Gasteiger partial charge in [-0.05, 0) is 27.2 Å². The summed E-state index contributed by atoms with van der Waals surface area (Å²) in [7, 11) is 0. The summed E-state index contributed by atoms with van der Waals surface area (Å²) < 4.78 is 10.1. The molecule has 0 spiro atoms.